The SMILES string of the molecule is O=c1/c(=C\c2ccc(-c3cccc(C(F)(F)F)c3)o2)sc2nc(Cc3ccccc3)nn12. The minimum absolute atomic E-state index is 0.277. The van der Waals surface area contributed by atoms with Crippen molar-refractivity contribution in [2.45, 2.75) is 12.6 Å². The van der Waals surface area contributed by atoms with Gasteiger partial charge in [-0.15, -0.1) is 5.10 Å². The number of nitrogens with zero attached hydrogens (tertiary/aromatic N) is 3. The molecular formula is C23H14F3N3O2S. The van der Waals surface area contributed by atoms with Crippen LogP contribution in [0.1, 0.15) is 22.7 Å². The van der Waals surface area contributed by atoms with E-state index >= 15 is 0 Å². The second-order valence-corrected chi connectivity index (χ2v) is 8.09. The van der Waals surface area contributed by atoms with E-state index < -0.39 is 11.7 Å². The first-order valence-electron chi connectivity index (χ1n) is 9.58. The molecule has 0 radical (unpaired) electrons. The van der Waals surface area contributed by atoms with E-state index in [2.05, 4.69) is 10.1 Å². The van der Waals surface area contributed by atoms with Crippen molar-refractivity contribution >= 4 is 22.4 Å². The lowest BCUT2D eigenvalue weighted by Crippen LogP contribution is -2.23. The molecule has 0 fully saturated rings. The molecule has 3 heterocycles. The molecular weight excluding hydrogens is 439 g/mol. The first-order chi connectivity index (χ1) is 15.4. The third-order valence-electron chi connectivity index (χ3n) is 4.81. The average molecular weight is 453 g/mol. The molecule has 0 N–H and O–H groups in total. The Bertz CT molecular complexity index is 1520. The summed E-state index contributed by atoms with van der Waals surface area (Å²) in [6.45, 7) is 0. The fraction of sp³-hybridized carbons (Fsp3) is 0.0870. The molecule has 0 spiro atoms. The van der Waals surface area contributed by atoms with E-state index in [9.17, 15) is 18.0 Å². The number of aromatic nitrogens is 3. The molecule has 0 unspecified atom stereocenters. The van der Waals surface area contributed by atoms with Crippen molar-refractivity contribution in [3.63, 3.8) is 0 Å². The van der Waals surface area contributed by atoms with Gasteiger partial charge in [0.25, 0.3) is 5.56 Å². The summed E-state index contributed by atoms with van der Waals surface area (Å²) in [5, 5.41) is 4.30. The highest BCUT2D eigenvalue weighted by Gasteiger charge is 2.30. The molecule has 160 valence electrons. The Morgan fingerprint density at radius 2 is 1.84 bits per heavy atom. The van der Waals surface area contributed by atoms with Crippen LogP contribution in [0.25, 0.3) is 22.4 Å². The summed E-state index contributed by atoms with van der Waals surface area (Å²) in [5.41, 5.74) is 0.266. The zero-order valence-electron chi connectivity index (χ0n) is 16.3. The summed E-state index contributed by atoms with van der Waals surface area (Å²) < 4.78 is 46.2. The number of alkyl halides is 3. The molecule has 5 nitrogen and oxygen atoms in total. The van der Waals surface area contributed by atoms with E-state index in [-0.39, 0.29) is 11.3 Å². The Morgan fingerprint density at radius 1 is 1.03 bits per heavy atom. The monoisotopic (exact) mass is 453 g/mol. The van der Waals surface area contributed by atoms with Gasteiger partial charge in [0.1, 0.15) is 16.1 Å². The van der Waals surface area contributed by atoms with Gasteiger partial charge >= 0.3 is 6.18 Å². The van der Waals surface area contributed by atoms with Crippen LogP contribution in [0.15, 0.2) is 75.9 Å². The smallest absolute Gasteiger partial charge is 0.416 e. The fourth-order valence-electron chi connectivity index (χ4n) is 3.29. The zero-order valence-corrected chi connectivity index (χ0v) is 17.2. The van der Waals surface area contributed by atoms with Crippen LogP contribution in [-0.2, 0) is 12.6 Å². The van der Waals surface area contributed by atoms with Crippen molar-refractivity contribution in [1.82, 2.24) is 14.6 Å². The number of rotatable bonds is 4. The molecule has 0 aliphatic rings. The Balaban J connectivity index is 1.44. The number of hydrogen-bond acceptors (Lipinski definition) is 5. The lowest BCUT2D eigenvalue weighted by molar-refractivity contribution is -0.137. The maximum absolute atomic E-state index is 13.0. The van der Waals surface area contributed by atoms with Gasteiger partial charge in [-0.05, 0) is 29.8 Å². The largest absolute Gasteiger partial charge is 0.457 e. The molecule has 2 aromatic carbocycles. The molecule has 0 amide bonds. The predicted octanol–water partition coefficient (Wildman–Crippen LogP) is 4.57. The maximum Gasteiger partial charge on any atom is 0.416 e. The summed E-state index contributed by atoms with van der Waals surface area (Å²) in [6, 6.07) is 17.8. The summed E-state index contributed by atoms with van der Waals surface area (Å²) in [4.78, 5) is 17.6. The predicted molar refractivity (Wildman–Crippen MR) is 114 cm³/mol. The molecule has 3 aromatic heterocycles. The molecule has 0 aliphatic heterocycles. The molecule has 0 aliphatic carbocycles. The number of furan rings is 1. The first kappa shape index (κ1) is 20.2. The van der Waals surface area contributed by atoms with Gasteiger partial charge in [0.15, 0.2) is 5.82 Å². The van der Waals surface area contributed by atoms with Gasteiger partial charge < -0.3 is 4.42 Å². The van der Waals surface area contributed by atoms with Gasteiger partial charge in [-0.2, -0.15) is 17.7 Å². The van der Waals surface area contributed by atoms with Crippen LogP contribution in [0, 0.1) is 0 Å². The van der Waals surface area contributed by atoms with E-state index in [0.717, 1.165) is 17.7 Å². The van der Waals surface area contributed by atoms with Crippen molar-refractivity contribution in [2.24, 2.45) is 0 Å². The van der Waals surface area contributed by atoms with Crippen LogP contribution in [0.4, 0.5) is 13.2 Å². The minimum atomic E-state index is -4.44. The number of halogens is 3. The number of thiazole rings is 1. The van der Waals surface area contributed by atoms with E-state index in [0.29, 0.717) is 33.1 Å². The molecule has 0 saturated carbocycles. The fourth-order valence-corrected chi connectivity index (χ4v) is 4.20. The number of hydrogen-bond donors (Lipinski definition) is 0. The van der Waals surface area contributed by atoms with Gasteiger partial charge in [-0.3, -0.25) is 4.79 Å². The minimum Gasteiger partial charge on any atom is -0.457 e. The zero-order chi connectivity index (χ0) is 22.3. The number of fused-ring (bicyclic) bond motifs is 1. The number of benzene rings is 2. The topological polar surface area (TPSA) is 60.4 Å². The molecule has 0 atom stereocenters. The van der Waals surface area contributed by atoms with Crippen molar-refractivity contribution in [1.29, 1.82) is 0 Å². The van der Waals surface area contributed by atoms with Crippen molar-refractivity contribution in [3.05, 3.63) is 104 Å². The summed E-state index contributed by atoms with van der Waals surface area (Å²) in [6.07, 6.45) is -2.38. The van der Waals surface area contributed by atoms with Crippen molar-refractivity contribution < 1.29 is 17.6 Å². The molecule has 9 heteroatoms. The summed E-state index contributed by atoms with van der Waals surface area (Å²) in [5.74, 6) is 1.18. The Labute approximate surface area is 183 Å². The van der Waals surface area contributed by atoms with Gasteiger partial charge in [-0.25, -0.2) is 4.98 Å². The molecule has 32 heavy (non-hydrogen) atoms. The van der Waals surface area contributed by atoms with Gasteiger partial charge in [0.2, 0.25) is 4.96 Å². The lowest BCUT2D eigenvalue weighted by atomic mass is 10.1. The molecule has 5 aromatic rings. The molecule has 0 bridgehead atoms. The lowest BCUT2D eigenvalue weighted by Gasteiger charge is -2.07. The highest BCUT2D eigenvalue weighted by atomic mass is 32.1. The Hall–Kier alpha value is -3.72. The van der Waals surface area contributed by atoms with Gasteiger partial charge in [-0.1, -0.05) is 53.8 Å². The summed E-state index contributed by atoms with van der Waals surface area (Å²) >= 11 is 1.17. The van der Waals surface area contributed by atoms with E-state index in [4.69, 9.17) is 4.42 Å². The Kier molecular flexibility index (Phi) is 4.90. The quantitative estimate of drug-likeness (QED) is 0.400. The van der Waals surface area contributed by atoms with Crippen LogP contribution in [0.3, 0.4) is 0 Å². The second kappa shape index (κ2) is 7.76. The van der Waals surface area contributed by atoms with E-state index in [1.165, 1.54) is 34.1 Å². The van der Waals surface area contributed by atoms with Gasteiger partial charge in [0.05, 0.1) is 5.56 Å². The van der Waals surface area contributed by atoms with Crippen LogP contribution in [0.2, 0.25) is 0 Å². The van der Waals surface area contributed by atoms with E-state index in [1.54, 1.807) is 12.1 Å². The average Bonchev–Trinajstić information content (AvgIpc) is 3.46. The van der Waals surface area contributed by atoms with Crippen LogP contribution < -0.4 is 10.1 Å². The highest BCUT2D eigenvalue weighted by Crippen LogP contribution is 2.32. The van der Waals surface area contributed by atoms with Crippen LogP contribution in [0.5, 0.6) is 0 Å². The van der Waals surface area contributed by atoms with Gasteiger partial charge in [0, 0.05) is 18.1 Å². The third kappa shape index (κ3) is 3.94. The molecule has 5 rings (SSSR count). The Morgan fingerprint density at radius 3 is 2.59 bits per heavy atom. The van der Waals surface area contributed by atoms with E-state index in [1.807, 2.05) is 30.3 Å². The first-order valence-corrected chi connectivity index (χ1v) is 10.4. The molecule has 0 saturated heterocycles. The standard InChI is InChI=1S/C23H14F3N3O2S/c24-23(25,26)16-8-4-7-15(12-16)18-10-9-17(31-18)13-19-21(30)29-22(32-19)27-20(28-29)11-14-5-2-1-3-6-14/h1-10,12-13H,11H2/b19-13+. The highest BCUT2D eigenvalue weighted by molar-refractivity contribution is 7.15. The summed E-state index contributed by atoms with van der Waals surface area (Å²) in [7, 11) is 0. The van der Waals surface area contributed by atoms with Crippen LogP contribution >= 0.6 is 11.3 Å². The van der Waals surface area contributed by atoms with Crippen molar-refractivity contribution in [2.75, 3.05) is 0 Å². The third-order valence-corrected chi connectivity index (χ3v) is 5.76. The van der Waals surface area contributed by atoms with Crippen LogP contribution in [-0.4, -0.2) is 14.6 Å². The normalized spacial score (nSPS) is 12.7. The second-order valence-electron chi connectivity index (χ2n) is 7.08. The van der Waals surface area contributed by atoms with Crippen molar-refractivity contribution in [3.8, 4) is 11.3 Å². The maximum atomic E-state index is 13.0.